The molecule has 1 aromatic heterocycles. The van der Waals surface area contributed by atoms with Crippen molar-refractivity contribution in [2.45, 2.75) is 37.8 Å². The Balaban J connectivity index is 1.52. The summed E-state index contributed by atoms with van der Waals surface area (Å²) >= 11 is 0. The standard InChI is InChI=1S/C14H25N5/c1-17-6-8-18(9-7-17)13-2-4-14(5-3-13)19-11-12(15)10-16-19/h10-11,13-14H,2-9,15H2,1H3. The summed E-state index contributed by atoms with van der Waals surface area (Å²) in [6, 6.07) is 1.35. The highest BCUT2D eigenvalue weighted by molar-refractivity contribution is 5.30. The fourth-order valence-electron chi connectivity index (χ4n) is 3.43. The summed E-state index contributed by atoms with van der Waals surface area (Å²) < 4.78 is 2.07. The van der Waals surface area contributed by atoms with Gasteiger partial charge < -0.3 is 10.6 Å². The molecule has 0 bridgehead atoms. The van der Waals surface area contributed by atoms with Crippen LogP contribution in [0.1, 0.15) is 31.7 Å². The highest BCUT2D eigenvalue weighted by Gasteiger charge is 2.28. The topological polar surface area (TPSA) is 50.3 Å². The Kier molecular flexibility index (Phi) is 3.75. The molecule has 5 heteroatoms. The average Bonchev–Trinajstić information content (AvgIpc) is 2.87. The van der Waals surface area contributed by atoms with Crippen molar-refractivity contribution in [2.75, 3.05) is 39.0 Å². The van der Waals surface area contributed by atoms with E-state index in [9.17, 15) is 0 Å². The van der Waals surface area contributed by atoms with Gasteiger partial charge in [-0.1, -0.05) is 0 Å². The van der Waals surface area contributed by atoms with Crippen LogP contribution in [0.4, 0.5) is 5.69 Å². The van der Waals surface area contributed by atoms with E-state index in [2.05, 4.69) is 26.6 Å². The highest BCUT2D eigenvalue weighted by Crippen LogP contribution is 2.31. The second-order valence-electron chi connectivity index (χ2n) is 6.06. The number of nitrogen functional groups attached to an aromatic ring is 1. The molecule has 2 heterocycles. The van der Waals surface area contributed by atoms with Crippen LogP contribution in [0.5, 0.6) is 0 Å². The van der Waals surface area contributed by atoms with Crippen LogP contribution in [-0.4, -0.2) is 58.8 Å². The molecule has 2 fully saturated rings. The molecule has 1 saturated carbocycles. The Morgan fingerprint density at radius 2 is 1.68 bits per heavy atom. The summed E-state index contributed by atoms with van der Waals surface area (Å²) in [5.41, 5.74) is 6.53. The van der Waals surface area contributed by atoms with Gasteiger partial charge >= 0.3 is 0 Å². The van der Waals surface area contributed by atoms with Crippen LogP contribution >= 0.6 is 0 Å². The molecule has 3 rings (SSSR count). The van der Waals surface area contributed by atoms with Gasteiger partial charge in [-0.2, -0.15) is 5.10 Å². The first kappa shape index (κ1) is 12.9. The largest absolute Gasteiger partial charge is 0.396 e. The van der Waals surface area contributed by atoms with Gasteiger partial charge in [0.2, 0.25) is 0 Å². The van der Waals surface area contributed by atoms with Crippen LogP contribution < -0.4 is 5.73 Å². The van der Waals surface area contributed by atoms with E-state index in [0.717, 1.165) is 11.7 Å². The van der Waals surface area contributed by atoms with Crippen LogP contribution in [0.15, 0.2) is 12.4 Å². The average molecular weight is 263 g/mol. The molecule has 19 heavy (non-hydrogen) atoms. The molecule has 2 N–H and O–H groups in total. The van der Waals surface area contributed by atoms with E-state index in [0.29, 0.717) is 6.04 Å². The summed E-state index contributed by atoms with van der Waals surface area (Å²) in [5, 5.41) is 4.36. The maximum Gasteiger partial charge on any atom is 0.0719 e. The maximum atomic E-state index is 5.75. The van der Waals surface area contributed by atoms with Gasteiger partial charge in [0.05, 0.1) is 17.9 Å². The van der Waals surface area contributed by atoms with Gasteiger partial charge in [0.25, 0.3) is 0 Å². The van der Waals surface area contributed by atoms with Gasteiger partial charge in [-0.3, -0.25) is 9.58 Å². The number of piperazine rings is 1. The minimum absolute atomic E-state index is 0.556. The normalized spacial score (nSPS) is 30.6. The zero-order valence-corrected chi connectivity index (χ0v) is 11.8. The van der Waals surface area contributed by atoms with Crippen molar-refractivity contribution in [3.8, 4) is 0 Å². The quantitative estimate of drug-likeness (QED) is 0.871. The van der Waals surface area contributed by atoms with Crippen LogP contribution in [0.2, 0.25) is 0 Å². The van der Waals surface area contributed by atoms with E-state index in [-0.39, 0.29) is 0 Å². The molecule has 0 atom stereocenters. The lowest BCUT2D eigenvalue weighted by molar-refractivity contribution is 0.0811. The minimum Gasteiger partial charge on any atom is -0.396 e. The fraction of sp³-hybridized carbons (Fsp3) is 0.786. The highest BCUT2D eigenvalue weighted by atomic mass is 15.3. The zero-order valence-electron chi connectivity index (χ0n) is 11.8. The molecule has 0 unspecified atom stereocenters. The lowest BCUT2D eigenvalue weighted by atomic mass is 9.90. The number of likely N-dealkylation sites (N-methyl/N-ethyl adjacent to an activating group) is 1. The van der Waals surface area contributed by atoms with Crippen LogP contribution in [0.25, 0.3) is 0 Å². The summed E-state index contributed by atoms with van der Waals surface area (Å²) in [6.45, 7) is 4.91. The summed E-state index contributed by atoms with van der Waals surface area (Å²) in [7, 11) is 2.22. The zero-order chi connectivity index (χ0) is 13.2. The number of anilines is 1. The number of hydrogen-bond acceptors (Lipinski definition) is 4. The van der Waals surface area contributed by atoms with E-state index < -0.39 is 0 Å². The Hall–Kier alpha value is -1.07. The van der Waals surface area contributed by atoms with E-state index in [1.807, 2.05) is 6.20 Å². The van der Waals surface area contributed by atoms with Crippen molar-refractivity contribution in [2.24, 2.45) is 0 Å². The first-order valence-electron chi connectivity index (χ1n) is 7.44. The molecule has 2 aliphatic rings. The molecule has 0 radical (unpaired) electrons. The number of hydrogen-bond donors (Lipinski definition) is 1. The second kappa shape index (κ2) is 5.51. The molecule has 1 aliphatic carbocycles. The molecular formula is C14H25N5. The summed E-state index contributed by atoms with van der Waals surface area (Å²) in [6.07, 6.45) is 8.80. The van der Waals surface area contributed by atoms with Crippen molar-refractivity contribution >= 4 is 5.69 Å². The van der Waals surface area contributed by atoms with Crippen LogP contribution in [-0.2, 0) is 0 Å². The third-order valence-electron chi connectivity index (χ3n) is 4.72. The Morgan fingerprint density at radius 3 is 2.26 bits per heavy atom. The van der Waals surface area contributed by atoms with Gasteiger partial charge in [-0.15, -0.1) is 0 Å². The van der Waals surface area contributed by atoms with E-state index >= 15 is 0 Å². The first-order chi connectivity index (χ1) is 9.22. The van der Waals surface area contributed by atoms with E-state index in [1.54, 1.807) is 6.20 Å². The molecule has 0 amide bonds. The van der Waals surface area contributed by atoms with Gasteiger partial charge in [-0.25, -0.2) is 0 Å². The molecule has 0 spiro atoms. The first-order valence-corrected chi connectivity index (χ1v) is 7.44. The van der Waals surface area contributed by atoms with Crippen molar-refractivity contribution in [3.63, 3.8) is 0 Å². The number of aromatic nitrogens is 2. The minimum atomic E-state index is 0.556. The predicted octanol–water partition coefficient (Wildman–Crippen LogP) is 1.20. The lowest BCUT2D eigenvalue weighted by Crippen LogP contribution is -2.49. The third kappa shape index (κ3) is 2.92. The molecule has 0 aromatic carbocycles. The number of nitrogens with two attached hydrogens (primary N) is 1. The summed E-state index contributed by atoms with van der Waals surface area (Å²) in [5.74, 6) is 0. The van der Waals surface area contributed by atoms with Gasteiger partial charge in [0.1, 0.15) is 0 Å². The fourth-order valence-corrected chi connectivity index (χ4v) is 3.43. The predicted molar refractivity (Wildman–Crippen MR) is 77.0 cm³/mol. The third-order valence-corrected chi connectivity index (χ3v) is 4.72. The second-order valence-corrected chi connectivity index (χ2v) is 6.06. The summed E-state index contributed by atoms with van der Waals surface area (Å²) in [4.78, 5) is 5.11. The maximum absolute atomic E-state index is 5.75. The Labute approximate surface area is 115 Å². The monoisotopic (exact) mass is 263 g/mol. The van der Waals surface area contributed by atoms with Gasteiger partial charge in [0, 0.05) is 38.4 Å². The van der Waals surface area contributed by atoms with Crippen molar-refractivity contribution in [3.05, 3.63) is 12.4 Å². The number of nitrogens with zero attached hydrogens (tertiary/aromatic N) is 4. The van der Waals surface area contributed by atoms with E-state index in [4.69, 9.17) is 5.73 Å². The smallest absolute Gasteiger partial charge is 0.0719 e. The van der Waals surface area contributed by atoms with Crippen molar-refractivity contribution in [1.29, 1.82) is 0 Å². The molecule has 1 aliphatic heterocycles. The Bertz CT molecular complexity index is 400. The Morgan fingerprint density at radius 1 is 1.05 bits per heavy atom. The molecule has 5 nitrogen and oxygen atoms in total. The number of rotatable bonds is 2. The van der Waals surface area contributed by atoms with E-state index in [1.165, 1.54) is 51.9 Å². The molecular weight excluding hydrogens is 238 g/mol. The van der Waals surface area contributed by atoms with Crippen molar-refractivity contribution < 1.29 is 0 Å². The van der Waals surface area contributed by atoms with Gasteiger partial charge in [0.15, 0.2) is 0 Å². The van der Waals surface area contributed by atoms with Crippen LogP contribution in [0, 0.1) is 0 Å². The van der Waals surface area contributed by atoms with Crippen LogP contribution in [0.3, 0.4) is 0 Å². The molecule has 1 aromatic rings. The molecule has 106 valence electrons. The van der Waals surface area contributed by atoms with Gasteiger partial charge in [-0.05, 0) is 32.7 Å². The molecule has 1 saturated heterocycles. The lowest BCUT2D eigenvalue weighted by Gasteiger charge is -2.41. The SMILES string of the molecule is CN1CCN(C2CCC(n3cc(N)cn3)CC2)CC1. The van der Waals surface area contributed by atoms with Crippen molar-refractivity contribution in [1.82, 2.24) is 19.6 Å².